The zero-order valence-corrected chi connectivity index (χ0v) is 16.2. The minimum atomic E-state index is -3.50. The minimum Gasteiger partial charge on any atom is -0.269 e. The third-order valence-corrected chi connectivity index (χ3v) is 6.52. The fourth-order valence-electron chi connectivity index (χ4n) is 3.17. The second-order valence-corrected chi connectivity index (χ2v) is 9.70. The lowest BCUT2D eigenvalue weighted by Crippen LogP contribution is -2.43. The summed E-state index contributed by atoms with van der Waals surface area (Å²) >= 11 is 0. The van der Waals surface area contributed by atoms with E-state index in [4.69, 9.17) is 0 Å². The van der Waals surface area contributed by atoms with Crippen molar-refractivity contribution in [2.45, 2.75) is 89.6 Å². The second kappa shape index (κ2) is 6.55. The van der Waals surface area contributed by atoms with E-state index < -0.39 is 10.0 Å². The highest BCUT2D eigenvalue weighted by Gasteiger charge is 2.37. The Morgan fingerprint density at radius 2 is 1.96 bits per heavy atom. The fraction of sp³-hybridized carbons (Fsp3) is 0.824. The number of piperidine rings is 1. The van der Waals surface area contributed by atoms with Gasteiger partial charge >= 0.3 is 0 Å². The summed E-state index contributed by atoms with van der Waals surface area (Å²) in [6, 6.07) is 0.257. The first kappa shape index (κ1) is 18.5. The quantitative estimate of drug-likeness (QED) is 0.839. The van der Waals surface area contributed by atoms with Crippen molar-refractivity contribution in [3.05, 3.63) is 11.9 Å². The molecule has 1 aromatic heterocycles. The lowest BCUT2D eigenvalue weighted by atomic mass is 9.92. The molecule has 1 aromatic rings. The van der Waals surface area contributed by atoms with E-state index in [2.05, 4.69) is 12.0 Å². The molecule has 23 heavy (non-hydrogen) atoms. The zero-order chi connectivity index (χ0) is 17.4. The van der Waals surface area contributed by atoms with Gasteiger partial charge < -0.3 is 0 Å². The van der Waals surface area contributed by atoms with Crippen molar-refractivity contribution in [2.24, 2.45) is 0 Å². The van der Waals surface area contributed by atoms with E-state index >= 15 is 0 Å². The monoisotopic (exact) mass is 341 g/mol. The third kappa shape index (κ3) is 3.63. The Bertz CT molecular complexity index is 641. The van der Waals surface area contributed by atoms with Crippen molar-refractivity contribution < 1.29 is 8.42 Å². The van der Waals surface area contributed by atoms with E-state index in [1.54, 1.807) is 15.2 Å². The molecule has 2 rings (SSSR count). The summed E-state index contributed by atoms with van der Waals surface area (Å²) < 4.78 is 30.2. The number of hydrogen-bond donors (Lipinski definition) is 0. The maximum Gasteiger partial charge on any atom is 0.246 e. The lowest BCUT2D eigenvalue weighted by molar-refractivity contribution is 0.246. The van der Waals surface area contributed by atoms with Gasteiger partial charge in [0.2, 0.25) is 10.0 Å². The molecule has 6 heteroatoms. The molecule has 0 amide bonds. The van der Waals surface area contributed by atoms with Gasteiger partial charge in [0, 0.05) is 30.2 Å². The zero-order valence-electron chi connectivity index (χ0n) is 15.3. The first-order chi connectivity index (χ1) is 10.6. The van der Waals surface area contributed by atoms with Gasteiger partial charge in [-0.2, -0.15) is 9.40 Å². The van der Waals surface area contributed by atoms with Crippen molar-refractivity contribution in [3.63, 3.8) is 0 Å². The number of aromatic nitrogens is 2. The molecule has 1 aliphatic rings. The molecule has 0 spiro atoms. The van der Waals surface area contributed by atoms with Crippen LogP contribution >= 0.6 is 0 Å². The molecule has 0 aromatic carbocycles. The molecule has 0 saturated carbocycles. The molecule has 1 atom stereocenters. The van der Waals surface area contributed by atoms with Gasteiger partial charge in [-0.3, -0.25) is 4.68 Å². The Balaban J connectivity index is 2.54. The van der Waals surface area contributed by atoms with Gasteiger partial charge in [-0.25, -0.2) is 8.42 Å². The molecule has 0 radical (unpaired) electrons. The number of hydrogen-bond acceptors (Lipinski definition) is 3. The molecule has 1 unspecified atom stereocenters. The maximum absolute atomic E-state index is 13.3. The van der Waals surface area contributed by atoms with E-state index in [0.29, 0.717) is 17.1 Å². The summed E-state index contributed by atoms with van der Waals surface area (Å²) in [5.74, 6) is 0. The second-order valence-electron chi connectivity index (χ2n) is 7.84. The van der Waals surface area contributed by atoms with Crippen molar-refractivity contribution in [2.75, 3.05) is 6.54 Å². The van der Waals surface area contributed by atoms with Crippen LogP contribution in [0, 0.1) is 0 Å². The molecule has 0 bridgehead atoms. The predicted molar refractivity (Wildman–Crippen MR) is 93.1 cm³/mol. The molecule has 132 valence electrons. The number of nitrogens with zero attached hydrogens (tertiary/aromatic N) is 3. The van der Waals surface area contributed by atoms with Gasteiger partial charge in [-0.1, -0.05) is 34.1 Å². The first-order valence-corrected chi connectivity index (χ1v) is 10.1. The first-order valence-electron chi connectivity index (χ1n) is 8.70. The Labute approximate surface area is 141 Å². The van der Waals surface area contributed by atoms with Crippen LogP contribution in [0.3, 0.4) is 0 Å². The molecular formula is C17H31N3O2S. The van der Waals surface area contributed by atoms with Gasteiger partial charge in [0.1, 0.15) is 4.90 Å². The van der Waals surface area contributed by atoms with Crippen molar-refractivity contribution in [3.8, 4) is 0 Å². The Hall–Kier alpha value is -0.880. The summed E-state index contributed by atoms with van der Waals surface area (Å²) in [4.78, 5) is 0.388. The average Bonchev–Trinajstić information content (AvgIpc) is 2.93. The molecule has 5 nitrogen and oxygen atoms in total. The molecule has 0 N–H and O–H groups in total. The van der Waals surface area contributed by atoms with Crippen LogP contribution in [0.4, 0.5) is 0 Å². The van der Waals surface area contributed by atoms with Crippen molar-refractivity contribution in [1.29, 1.82) is 0 Å². The van der Waals surface area contributed by atoms with Gasteiger partial charge in [0.05, 0.1) is 5.69 Å². The molecular weight excluding hydrogens is 310 g/mol. The normalized spacial score (nSPS) is 21.1. The van der Waals surface area contributed by atoms with Crippen LogP contribution in [0.2, 0.25) is 0 Å². The topological polar surface area (TPSA) is 55.2 Å². The van der Waals surface area contributed by atoms with Crippen molar-refractivity contribution >= 4 is 10.0 Å². The van der Waals surface area contributed by atoms with E-state index in [0.717, 1.165) is 25.7 Å². The highest BCUT2D eigenvalue weighted by atomic mass is 32.2. The van der Waals surface area contributed by atoms with Crippen LogP contribution in [-0.2, 0) is 15.4 Å². The summed E-state index contributed by atoms with van der Waals surface area (Å²) in [6.07, 6.45) is 5.60. The van der Waals surface area contributed by atoms with Gasteiger partial charge in [0.15, 0.2) is 0 Å². The maximum atomic E-state index is 13.3. The predicted octanol–water partition coefficient (Wildman–Crippen LogP) is 3.71. The van der Waals surface area contributed by atoms with Crippen LogP contribution in [0.5, 0.6) is 0 Å². The minimum absolute atomic E-state index is 0.115. The SMILES string of the molecule is CCC1CCCCN1S(=O)(=O)c1cn(C(C)C)nc1C(C)(C)C. The lowest BCUT2D eigenvalue weighted by Gasteiger charge is -2.34. The van der Waals surface area contributed by atoms with Gasteiger partial charge in [-0.05, 0) is 33.1 Å². The van der Waals surface area contributed by atoms with Gasteiger partial charge in [0.25, 0.3) is 0 Å². The van der Waals surface area contributed by atoms with Crippen LogP contribution in [0.1, 0.15) is 79.0 Å². The molecule has 2 heterocycles. The summed E-state index contributed by atoms with van der Waals surface area (Å²) in [5, 5.41) is 4.60. The molecule has 0 aliphatic carbocycles. The Morgan fingerprint density at radius 1 is 1.30 bits per heavy atom. The van der Waals surface area contributed by atoms with Gasteiger partial charge in [-0.15, -0.1) is 0 Å². The standard InChI is InChI=1S/C17H31N3O2S/c1-7-14-10-8-9-11-20(14)23(21,22)15-12-19(13(2)3)18-16(15)17(4,5)6/h12-14H,7-11H2,1-6H3. The largest absolute Gasteiger partial charge is 0.269 e. The van der Waals surface area contributed by atoms with Crippen molar-refractivity contribution in [1.82, 2.24) is 14.1 Å². The van der Waals surface area contributed by atoms with E-state index in [1.807, 2.05) is 34.6 Å². The highest BCUT2D eigenvalue weighted by Crippen LogP contribution is 2.33. The van der Waals surface area contributed by atoms with E-state index in [-0.39, 0.29) is 17.5 Å². The van der Waals surface area contributed by atoms with E-state index in [9.17, 15) is 8.42 Å². The Kier molecular flexibility index (Phi) is 5.26. The molecule has 1 aliphatic heterocycles. The van der Waals surface area contributed by atoms with Crippen LogP contribution in [-0.4, -0.2) is 35.1 Å². The smallest absolute Gasteiger partial charge is 0.246 e. The van der Waals surface area contributed by atoms with Crippen LogP contribution in [0.25, 0.3) is 0 Å². The number of sulfonamides is 1. The summed E-state index contributed by atoms with van der Waals surface area (Å²) in [7, 11) is -3.50. The number of rotatable bonds is 4. The van der Waals surface area contributed by atoms with Crippen LogP contribution in [0.15, 0.2) is 11.1 Å². The fourth-order valence-corrected chi connectivity index (χ4v) is 5.27. The molecule has 1 saturated heterocycles. The third-order valence-electron chi connectivity index (χ3n) is 4.57. The van der Waals surface area contributed by atoms with Crippen LogP contribution < -0.4 is 0 Å². The summed E-state index contributed by atoms with van der Waals surface area (Å²) in [5.41, 5.74) is 0.367. The molecule has 1 fully saturated rings. The highest BCUT2D eigenvalue weighted by molar-refractivity contribution is 7.89. The average molecular weight is 342 g/mol. The van der Waals surface area contributed by atoms with E-state index in [1.165, 1.54) is 0 Å². The Morgan fingerprint density at radius 3 is 2.48 bits per heavy atom. The summed E-state index contributed by atoms with van der Waals surface area (Å²) in [6.45, 7) is 12.8.